The molecule has 3 rings (SSSR count). The predicted octanol–water partition coefficient (Wildman–Crippen LogP) is 3.79. The van der Waals surface area contributed by atoms with Gasteiger partial charge < -0.3 is 19.5 Å². The number of hydrogen-bond donors (Lipinski definition) is 1. The van der Waals surface area contributed by atoms with Gasteiger partial charge in [0.2, 0.25) is 5.91 Å². The first-order valence-corrected chi connectivity index (χ1v) is 12.0. The molecule has 0 aliphatic carbocycles. The van der Waals surface area contributed by atoms with Crippen molar-refractivity contribution in [3.05, 3.63) is 78.4 Å². The number of rotatable bonds is 10. The monoisotopic (exact) mass is 484 g/mol. The van der Waals surface area contributed by atoms with E-state index >= 15 is 0 Å². The van der Waals surface area contributed by atoms with Crippen LogP contribution in [0, 0.1) is 0 Å². The van der Waals surface area contributed by atoms with Crippen LogP contribution in [0.3, 0.4) is 0 Å². The molecule has 3 aromatic rings. The number of amides is 1. The Morgan fingerprint density at radius 1 is 0.882 bits per heavy atom. The second-order valence-electron chi connectivity index (χ2n) is 7.43. The largest absolute Gasteiger partial charge is 0.497 e. The van der Waals surface area contributed by atoms with E-state index in [2.05, 4.69) is 5.32 Å². The van der Waals surface area contributed by atoms with Crippen LogP contribution in [-0.4, -0.2) is 42.2 Å². The molecule has 0 aliphatic rings. The Kier molecular flexibility index (Phi) is 8.01. The van der Waals surface area contributed by atoms with Crippen LogP contribution in [0.25, 0.3) is 0 Å². The molecule has 3 aromatic carbocycles. The second-order valence-corrected chi connectivity index (χ2v) is 9.29. The number of hydrogen-bond acceptors (Lipinski definition) is 6. The zero-order chi connectivity index (χ0) is 24.7. The van der Waals surface area contributed by atoms with Gasteiger partial charge >= 0.3 is 0 Å². The molecule has 1 N–H and O–H groups in total. The lowest BCUT2D eigenvalue weighted by Crippen LogP contribution is -2.41. The van der Waals surface area contributed by atoms with Crippen LogP contribution in [0.2, 0.25) is 0 Å². The molecule has 34 heavy (non-hydrogen) atoms. The molecular formula is C25H28N2O6S. The van der Waals surface area contributed by atoms with E-state index in [0.717, 1.165) is 9.87 Å². The van der Waals surface area contributed by atoms with E-state index < -0.39 is 28.5 Å². The van der Waals surface area contributed by atoms with E-state index in [-0.39, 0.29) is 4.90 Å². The molecule has 0 unspecified atom stereocenters. The number of anilines is 1. The van der Waals surface area contributed by atoms with Crippen molar-refractivity contribution in [1.29, 1.82) is 0 Å². The Morgan fingerprint density at radius 3 is 2.12 bits per heavy atom. The van der Waals surface area contributed by atoms with Gasteiger partial charge in [-0.2, -0.15) is 0 Å². The number of nitrogens with zero attached hydrogens (tertiary/aromatic N) is 1. The van der Waals surface area contributed by atoms with E-state index in [1.54, 1.807) is 61.7 Å². The van der Waals surface area contributed by atoms with Gasteiger partial charge in [-0.3, -0.25) is 9.10 Å². The minimum absolute atomic E-state index is 0.0894. The first-order chi connectivity index (χ1) is 16.3. The Labute approximate surface area is 200 Å². The lowest BCUT2D eigenvalue weighted by Gasteiger charge is -2.25. The fourth-order valence-electron chi connectivity index (χ4n) is 3.41. The summed E-state index contributed by atoms with van der Waals surface area (Å²) in [7, 11) is 0.610. The molecule has 0 aromatic heterocycles. The molecule has 0 bridgehead atoms. The fraction of sp³-hybridized carbons (Fsp3) is 0.240. The van der Waals surface area contributed by atoms with Gasteiger partial charge in [-0.05, 0) is 61.0 Å². The zero-order valence-corrected chi connectivity index (χ0v) is 20.3. The lowest BCUT2D eigenvalue weighted by atomic mass is 10.1. The topological polar surface area (TPSA) is 94.2 Å². The molecule has 0 heterocycles. The average Bonchev–Trinajstić information content (AvgIpc) is 2.87. The highest BCUT2D eigenvalue weighted by molar-refractivity contribution is 7.92. The Bertz CT molecular complexity index is 1210. The maximum Gasteiger partial charge on any atom is 0.264 e. The minimum Gasteiger partial charge on any atom is -0.497 e. The summed E-state index contributed by atoms with van der Waals surface area (Å²) in [5, 5.41) is 2.87. The summed E-state index contributed by atoms with van der Waals surface area (Å²) in [4.78, 5) is 13.1. The van der Waals surface area contributed by atoms with Crippen LogP contribution in [0.1, 0.15) is 18.5 Å². The summed E-state index contributed by atoms with van der Waals surface area (Å²) in [6.07, 6.45) is 0. The smallest absolute Gasteiger partial charge is 0.264 e. The molecule has 1 atom stereocenters. The van der Waals surface area contributed by atoms with Gasteiger partial charge in [0, 0.05) is 0 Å². The van der Waals surface area contributed by atoms with Crippen molar-refractivity contribution in [2.75, 3.05) is 32.2 Å². The standard InChI is InChI=1S/C25H28N2O6S/c1-18(19-10-15-23(32-3)24(16-19)33-4)26-25(28)17-27(20-11-13-21(31-2)14-12-20)34(29,30)22-8-6-5-7-9-22/h5-16,18H,17H2,1-4H3,(H,26,28)/t18-/m1/s1. The maximum absolute atomic E-state index is 13.4. The summed E-state index contributed by atoms with van der Waals surface area (Å²) in [5.74, 6) is 1.22. The van der Waals surface area contributed by atoms with E-state index in [9.17, 15) is 13.2 Å². The van der Waals surface area contributed by atoms with Gasteiger partial charge in [0.25, 0.3) is 10.0 Å². The normalized spacial score (nSPS) is 11.9. The highest BCUT2D eigenvalue weighted by atomic mass is 32.2. The van der Waals surface area contributed by atoms with Crippen LogP contribution < -0.4 is 23.8 Å². The molecule has 0 aliphatic heterocycles. The van der Waals surface area contributed by atoms with Gasteiger partial charge in [-0.1, -0.05) is 24.3 Å². The van der Waals surface area contributed by atoms with Crippen LogP contribution in [0.5, 0.6) is 17.2 Å². The van der Waals surface area contributed by atoms with Crippen LogP contribution in [0.15, 0.2) is 77.7 Å². The average molecular weight is 485 g/mol. The van der Waals surface area contributed by atoms with Crippen molar-refractivity contribution in [2.45, 2.75) is 17.9 Å². The Morgan fingerprint density at radius 2 is 1.53 bits per heavy atom. The summed E-state index contributed by atoms with van der Waals surface area (Å²) >= 11 is 0. The van der Waals surface area contributed by atoms with Crippen LogP contribution in [-0.2, 0) is 14.8 Å². The molecule has 0 fully saturated rings. The Balaban J connectivity index is 1.86. The van der Waals surface area contributed by atoms with Gasteiger partial charge in [-0.15, -0.1) is 0 Å². The summed E-state index contributed by atoms with van der Waals surface area (Å²) in [6.45, 7) is 1.41. The molecule has 180 valence electrons. The number of ether oxygens (including phenoxy) is 3. The molecule has 0 saturated heterocycles. The van der Waals surface area contributed by atoms with Crippen molar-refractivity contribution < 1.29 is 27.4 Å². The number of benzene rings is 3. The summed E-state index contributed by atoms with van der Waals surface area (Å²) < 4.78 is 43.7. The van der Waals surface area contributed by atoms with Gasteiger partial charge in [0.1, 0.15) is 12.3 Å². The highest BCUT2D eigenvalue weighted by Crippen LogP contribution is 2.30. The molecule has 0 saturated carbocycles. The summed E-state index contributed by atoms with van der Waals surface area (Å²) in [5.41, 5.74) is 1.13. The fourth-order valence-corrected chi connectivity index (χ4v) is 4.85. The van der Waals surface area contributed by atoms with Crippen molar-refractivity contribution in [3.63, 3.8) is 0 Å². The number of carbonyl (C=O) groups is 1. The summed E-state index contributed by atoms with van der Waals surface area (Å²) in [6, 6.07) is 19.4. The van der Waals surface area contributed by atoms with E-state index in [1.807, 2.05) is 13.0 Å². The number of nitrogens with one attached hydrogen (secondary N) is 1. The van der Waals surface area contributed by atoms with E-state index in [4.69, 9.17) is 14.2 Å². The van der Waals surface area contributed by atoms with Gasteiger partial charge in [0.05, 0.1) is 38.0 Å². The SMILES string of the molecule is COc1ccc(N(CC(=O)N[C@H](C)c2ccc(OC)c(OC)c2)S(=O)(=O)c2ccccc2)cc1. The third-order valence-corrected chi connectivity index (χ3v) is 7.05. The van der Waals surface area contributed by atoms with Gasteiger partial charge in [-0.25, -0.2) is 8.42 Å². The number of carbonyl (C=O) groups excluding carboxylic acids is 1. The third kappa shape index (κ3) is 5.60. The third-order valence-electron chi connectivity index (χ3n) is 5.26. The first-order valence-electron chi connectivity index (χ1n) is 10.5. The molecular weight excluding hydrogens is 456 g/mol. The predicted molar refractivity (Wildman–Crippen MR) is 130 cm³/mol. The first kappa shape index (κ1) is 24.9. The molecule has 0 radical (unpaired) electrons. The van der Waals surface area contributed by atoms with Crippen LogP contribution in [0.4, 0.5) is 5.69 Å². The minimum atomic E-state index is -3.99. The Hall–Kier alpha value is -3.72. The highest BCUT2D eigenvalue weighted by Gasteiger charge is 2.27. The molecule has 9 heteroatoms. The van der Waals surface area contributed by atoms with E-state index in [0.29, 0.717) is 22.9 Å². The molecule has 1 amide bonds. The van der Waals surface area contributed by atoms with Crippen molar-refractivity contribution in [1.82, 2.24) is 5.32 Å². The van der Waals surface area contributed by atoms with Crippen molar-refractivity contribution in [3.8, 4) is 17.2 Å². The van der Waals surface area contributed by atoms with Crippen molar-refractivity contribution in [2.24, 2.45) is 0 Å². The zero-order valence-electron chi connectivity index (χ0n) is 19.5. The van der Waals surface area contributed by atoms with E-state index in [1.165, 1.54) is 26.4 Å². The number of methoxy groups -OCH3 is 3. The molecule has 8 nitrogen and oxygen atoms in total. The van der Waals surface area contributed by atoms with Crippen LogP contribution >= 0.6 is 0 Å². The maximum atomic E-state index is 13.4. The second kappa shape index (κ2) is 10.9. The lowest BCUT2D eigenvalue weighted by molar-refractivity contribution is -0.120. The number of sulfonamides is 1. The van der Waals surface area contributed by atoms with Crippen molar-refractivity contribution >= 4 is 21.6 Å². The quantitative estimate of drug-likeness (QED) is 0.471. The van der Waals surface area contributed by atoms with Gasteiger partial charge in [0.15, 0.2) is 11.5 Å². The molecule has 0 spiro atoms.